The maximum absolute atomic E-state index is 13.4. The van der Waals surface area contributed by atoms with Crippen molar-refractivity contribution < 1.29 is 9.59 Å². The molecule has 1 aliphatic rings. The van der Waals surface area contributed by atoms with E-state index in [9.17, 15) is 14.9 Å². The third kappa shape index (κ3) is 2.93. The van der Waals surface area contributed by atoms with Crippen LogP contribution in [0.4, 0.5) is 5.69 Å². The molecule has 0 spiro atoms. The van der Waals surface area contributed by atoms with Crippen molar-refractivity contribution in [2.75, 3.05) is 4.90 Å². The predicted molar refractivity (Wildman–Crippen MR) is 113 cm³/mol. The van der Waals surface area contributed by atoms with E-state index in [4.69, 9.17) is 23.2 Å². The zero-order valence-corrected chi connectivity index (χ0v) is 17.1. The molecule has 1 unspecified atom stereocenters. The van der Waals surface area contributed by atoms with Crippen molar-refractivity contribution in [1.82, 2.24) is 4.57 Å². The van der Waals surface area contributed by atoms with E-state index in [1.54, 1.807) is 42.6 Å². The number of nitrogens with zero attached hydrogens (tertiary/aromatic N) is 3. The van der Waals surface area contributed by atoms with Crippen LogP contribution in [0.25, 0.3) is 11.3 Å². The molecule has 2 heterocycles. The SMILES string of the molecule is CC(=O)n1cc(C)c2c1-c1c(Cl)cc(Cl)cc1N(C(=O)c1ccccc1)C2C#N. The number of nitriles is 1. The van der Waals surface area contributed by atoms with Crippen LogP contribution in [-0.2, 0) is 0 Å². The quantitative estimate of drug-likeness (QED) is 0.507. The summed E-state index contributed by atoms with van der Waals surface area (Å²) >= 11 is 12.8. The highest BCUT2D eigenvalue weighted by Crippen LogP contribution is 2.50. The van der Waals surface area contributed by atoms with Crippen LogP contribution in [0.3, 0.4) is 0 Å². The van der Waals surface area contributed by atoms with E-state index >= 15 is 0 Å². The Morgan fingerprint density at radius 3 is 2.45 bits per heavy atom. The Bertz CT molecular complexity index is 1210. The van der Waals surface area contributed by atoms with Gasteiger partial charge in [0, 0.05) is 34.8 Å². The van der Waals surface area contributed by atoms with Gasteiger partial charge in [0.1, 0.15) is 0 Å². The van der Waals surface area contributed by atoms with Crippen LogP contribution in [-0.4, -0.2) is 16.4 Å². The lowest BCUT2D eigenvalue weighted by atomic mass is 9.91. The summed E-state index contributed by atoms with van der Waals surface area (Å²) in [6, 6.07) is 13.2. The number of hydrogen-bond donors (Lipinski definition) is 0. The van der Waals surface area contributed by atoms with Crippen molar-refractivity contribution >= 4 is 40.7 Å². The van der Waals surface area contributed by atoms with E-state index in [1.807, 2.05) is 13.0 Å². The third-order valence-corrected chi connectivity index (χ3v) is 5.52. The van der Waals surface area contributed by atoms with Gasteiger partial charge >= 0.3 is 0 Å². The molecule has 29 heavy (non-hydrogen) atoms. The minimum Gasteiger partial charge on any atom is -0.287 e. The van der Waals surface area contributed by atoms with Gasteiger partial charge in [0.15, 0.2) is 6.04 Å². The number of aromatic nitrogens is 1. The number of aryl methyl sites for hydroxylation is 1. The minimum absolute atomic E-state index is 0.217. The van der Waals surface area contributed by atoms with Crippen molar-refractivity contribution in [3.8, 4) is 17.3 Å². The molecule has 0 fully saturated rings. The molecule has 1 amide bonds. The van der Waals surface area contributed by atoms with Crippen LogP contribution in [0, 0.1) is 18.3 Å². The van der Waals surface area contributed by atoms with Gasteiger partial charge < -0.3 is 0 Å². The van der Waals surface area contributed by atoms with Crippen LogP contribution >= 0.6 is 23.2 Å². The fourth-order valence-electron chi connectivity index (χ4n) is 3.81. The number of carbonyl (C=O) groups excluding carboxylic acids is 2. The summed E-state index contributed by atoms with van der Waals surface area (Å²) in [7, 11) is 0. The highest BCUT2D eigenvalue weighted by molar-refractivity contribution is 6.38. The first-order valence-corrected chi connectivity index (χ1v) is 9.61. The highest BCUT2D eigenvalue weighted by Gasteiger charge is 2.40. The summed E-state index contributed by atoms with van der Waals surface area (Å²) in [6.45, 7) is 3.24. The lowest BCUT2D eigenvalue weighted by molar-refractivity contribution is 0.0938. The molecule has 0 N–H and O–H groups in total. The Morgan fingerprint density at radius 1 is 1.14 bits per heavy atom. The Hall–Kier alpha value is -3.07. The van der Waals surface area contributed by atoms with Crippen molar-refractivity contribution in [3.63, 3.8) is 0 Å². The number of carbonyl (C=O) groups is 2. The summed E-state index contributed by atoms with van der Waals surface area (Å²) in [5.41, 5.74) is 3.17. The lowest BCUT2D eigenvalue weighted by Gasteiger charge is -2.35. The van der Waals surface area contributed by atoms with Crippen molar-refractivity contribution in [1.29, 1.82) is 5.26 Å². The first-order valence-electron chi connectivity index (χ1n) is 8.85. The number of fused-ring (bicyclic) bond motifs is 3. The number of anilines is 1. The van der Waals surface area contributed by atoms with Gasteiger partial charge in [0.25, 0.3) is 5.91 Å². The Balaban J connectivity index is 2.08. The van der Waals surface area contributed by atoms with Crippen molar-refractivity contribution in [2.24, 2.45) is 0 Å². The molecule has 1 aliphatic heterocycles. The molecular weight excluding hydrogens is 409 g/mol. The molecule has 144 valence electrons. The molecule has 1 atom stereocenters. The normalized spacial score (nSPS) is 14.7. The van der Waals surface area contributed by atoms with E-state index in [0.29, 0.717) is 38.1 Å². The second kappa shape index (κ2) is 7.07. The maximum atomic E-state index is 13.4. The minimum atomic E-state index is -0.930. The Morgan fingerprint density at radius 2 is 1.83 bits per heavy atom. The molecule has 0 saturated heterocycles. The summed E-state index contributed by atoms with van der Waals surface area (Å²) in [5, 5.41) is 10.7. The lowest BCUT2D eigenvalue weighted by Crippen LogP contribution is -2.37. The van der Waals surface area contributed by atoms with Gasteiger partial charge in [0.2, 0.25) is 5.91 Å². The van der Waals surface area contributed by atoms with Gasteiger partial charge in [-0.2, -0.15) is 5.26 Å². The molecule has 0 aliphatic carbocycles. The van der Waals surface area contributed by atoms with Crippen LogP contribution < -0.4 is 4.90 Å². The first-order chi connectivity index (χ1) is 13.8. The molecule has 4 rings (SSSR count). The smallest absolute Gasteiger partial charge is 0.259 e. The number of hydrogen-bond acceptors (Lipinski definition) is 3. The fourth-order valence-corrected chi connectivity index (χ4v) is 4.39. The predicted octanol–water partition coefficient (Wildman–Crippen LogP) is 5.66. The molecule has 2 aromatic carbocycles. The second-order valence-electron chi connectivity index (χ2n) is 6.82. The average Bonchev–Trinajstić information content (AvgIpc) is 3.04. The maximum Gasteiger partial charge on any atom is 0.259 e. The van der Waals surface area contributed by atoms with E-state index in [2.05, 4.69) is 6.07 Å². The van der Waals surface area contributed by atoms with E-state index in [-0.39, 0.29) is 11.8 Å². The summed E-state index contributed by atoms with van der Waals surface area (Å²) < 4.78 is 1.47. The van der Waals surface area contributed by atoms with Gasteiger partial charge in [-0.3, -0.25) is 19.1 Å². The number of rotatable bonds is 1. The standard InChI is InChI=1S/C22H15Cl2N3O2/c1-12-11-26(13(2)28)21-19(12)18(10-25)27(22(29)14-6-4-3-5-7-14)17-9-15(23)8-16(24)20(17)21/h3-9,11,18H,1-2H3. The third-order valence-electron chi connectivity index (χ3n) is 5.01. The zero-order chi connectivity index (χ0) is 20.9. The van der Waals surface area contributed by atoms with Gasteiger partial charge in [-0.05, 0) is 36.8 Å². The monoisotopic (exact) mass is 423 g/mol. The average molecular weight is 424 g/mol. The van der Waals surface area contributed by atoms with Crippen LogP contribution in [0.15, 0.2) is 48.7 Å². The number of benzene rings is 2. The van der Waals surface area contributed by atoms with Gasteiger partial charge in [-0.15, -0.1) is 0 Å². The van der Waals surface area contributed by atoms with Crippen LogP contribution in [0.5, 0.6) is 0 Å². The molecule has 0 bridgehead atoms. The van der Waals surface area contributed by atoms with Gasteiger partial charge in [0.05, 0.1) is 22.5 Å². The van der Waals surface area contributed by atoms with Crippen LogP contribution in [0.2, 0.25) is 10.0 Å². The molecule has 1 aromatic heterocycles. The van der Waals surface area contributed by atoms with Crippen molar-refractivity contribution in [2.45, 2.75) is 19.9 Å². The Labute approximate surface area is 177 Å². The Kier molecular flexibility index (Phi) is 4.70. The molecule has 0 saturated carbocycles. The highest BCUT2D eigenvalue weighted by atomic mass is 35.5. The fraction of sp³-hybridized carbons (Fsp3) is 0.136. The number of halogens is 2. The zero-order valence-electron chi connectivity index (χ0n) is 15.6. The van der Waals surface area contributed by atoms with Crippen LogP contribution in [0.1, 0.15) is 39.2 Å². The number of amides is 1. The molecule has 7 heteroatoms. The topological polar surface area (TPSA) is 66.1 Å². The van der Waals surface area contributed by atoms with E-state index in [0.717, 1.165) is 5.56 Å². The second-order valence-corrected chi connectivity index (χ2v) is 7.66. The molecular formula is C22H15Cl2N3O2. The first kappa shape index (κ1) is 19.3. The summed E-state index contributed by atoms with van der Waals surface area (Å²) in [5.74, 6) is -0.566. The summed E-state index contributed by atoms with van der Waals surface area (Å²) in [4.78, 5) is 27.1. The molecule has 3 aromatic rings. The van der Waals surface area contributed by atoms with Gasteiger partial charge in [-0.25, -0.2) is 0 Å². The van der Waals surface area contributed by atoms with E-state index in [1.165, 1.54) is 16.4 Å². The van der Waals surface area contributed by atoms with Gasteiger partial charge in [-0.1, -0.05) is 41.4 Å². The summed E-state index contributed by atoms with van der Waals surface area (Å²) in [6.07, 6.45) is 1.67. The molecule has 0 radical (unpaired) electrons. The molecule has 5 nitrogen and oxygen atoms in total. The van der Waals surface area contributed by atoms with Crippen molar-refractivity contribution in [3.05, 3.63) is 75.4 Å². The largest absolute Gasteiger partial charge is 0.287 e. The van der Waals surface area contributed by atoms with E-state index < -0.39 is 6.04 Å².